The van der Waals surface area contributed by atoms with Gasteiger partial charge >= 0.3 is 0 Å². The lowest BCUT2D eigenvalue weighted by molar-refractivity contribution is 0.378. The minimum Gasteiger partial charge on any atom is -0.506 e. The fourth-order valence-corrected chi connectivity index (χ4v) is 2.41. The number of hydrogen-bond donors (Lipinski definition) is 2. The average molecular weight is 220 g/mol. The number of hydrogen-bond acceptors (Lipinski definition) is 3. The molecule has 3 nitrogen and oxygen atoms in total. The van der Waals surface area contributed by atoms with E-state index >= 15 is 0 Å². The molecule has 1 aromatic rings. The molecular weight excluding hydrogens is 200 g/mol. The number of pyridine rings is 1. The Kier molecular flexibility index (Phi) is 3.78. The van der Waals surface area contributed by atoms with Crippen molar-refractivity contribution in [2.75, 3.05) is 0 Å². The Morgan fingerprint density at radius 3 is 2.81 bits per heavy atom. The van der Waals surface area contributed by atoms with Crippen LogP contribution in [-0.4, -0.2) is 16.1 Å². The van der Waals surface area contributed by atoms with Gasteiger partial charge < -0.3 is 10.4 Å². The summed E-state index contributed by atoms with van der Waals surface area (Å²) in [4.78, 5) is 4.16. The van der Waals surface area contributed by atoms with Crippen LogP contribution < -0.4 is 5.32 Å². The Morgan fingerprint density at radius 2 is 2.19 bits per heavy atom. The van der Waals surface area contributed by atoms with E-state index in [1.165, 1.54) is 31.9 Å². The Bertz CT molecular complexity index is 317. The van der Waals surface area contributed by atoms with Crippen molar-refractivity contribution in [1.82, 2.24) is 10.3 Å². The Hall–Kier alpha value is -1.09. The Morgan fingerprint density at radius 1 is 1.44 bits per heavy atom. The van der Waals surface area contributed by atoms with Gasteiger partial charge in [-0.2, -0.15) is 0 Å². The van der Waals surface area contributed by atoms with E-state index in [9.17, 15) is 0 Å². The van der Waals surface area contributed by atoms with Gasteiger partial charge in [-0.3, -0.25) is 4.98 Å². The normalized spacial score (nSPS) is 18.8. The van der Waals surface area contributed by atoms with Crippen LogP contribution >= 0.6 is 0 Å². The smallest absolute Gasteiger partial charge is 0.133 e. The molecule has 1 aliphatic carbocycles. The molecule has 1 saturated carbocycles. The average Bonchev–Trinajstić information content (AvgIpc) is 2.81. The Labute approximate surface area is 96.9 Å². The summed E-state index contributed by atoms with van der Waals surface area (Å²) in [5.74, 6) is 1.06. The highest BCUT2D eigenvalue weighted by Crippen LogP contribution is 2.27. The van der Waals surface area contributed by atoms with E-state index in [1.807, 2.05) is 6.07 Å². The Balaban J connectivity index is 1.80. The molecule has 0 aromatic carbocycles. The quantitative estimate of drug-likeness (QED) is 0.819. The topological polar surface area (TPSA) is 45.1 Å². The largest absolute Gasteiger partial charge is 0.506 e. The third-order valence-corrected chi connectivity index (χ3v) is 3.52. The molecule has 0 bridgehead atoms. The molecule has 16 heavy (non-hydrogen) atoms. The van der Waals surface area contributed by atoms with Crippen LogP contribution in [0.4, 0.5) is 0 Å². The van der Waals surface area contributed by atoms with Gasteiger partial charge in [0.2, 0.25) is 0 Å². The number of nitrogens with one attached hydrogen (secondary N) is 1. The summed E-state index contributed by atoms with van der Waals surface area (Å²) < 4.78 is 0. The SMILES string of the molecule is CC(NCc1ccc(O)cn1)C1CCCC1. The first kappa shape index (κ1) is 11.4. The maximum absolute atomic E-state index is 9.12. The first-order valence-electron chi connectivity index (χ1n) is 6.13. The number of nitrogens with zero attached hydrogens (tertiary/aromatic N) is 1. The zero-order valence-electron chi connectivity index (χ0n) is 9.82. The molecular formula is C13H20N2O. The zero-order chi connectivity index (χ0) is 11.4. The second kappa shape index (κ2) is 5.30. The molecule has 0 radical (unpaired) electrons. The van der Waals surface area contributed by atoms with Crippen molar-refractivity contribution in [2.45, 2.75) is 45.2 Å². The van der Waals surface area contributed by atoms with E-state index in [-0.39, 0.29) is 5.75 Å². The summed E-state index contributed by atoms with van der Waals surface area (Å²) in [6.45, 7) is 3.05. The lowest BCUT2D eigenvalue weighted by Gasteiger charge is -2.20. The van der Waals surface area contributed by atoms with E-state index in [1.54, 1.807) is 6.07 Å². The molecule has 2 N–H and O–H groups in total. The predicted octanol–water partition coefficient (Wildman–Crippen LogP) is 2.46. The summed E-state index contributed by atoms with van der Waals surface area (Å²) in [7, 11) is 0. The summed E-state index contributed by atoms with van der Waals surface area (Å²) in [5, 5.41) is 12.6. The molecule has 1 heterocycles. The molecule has 1 aromatic heterocycles. The van der Waals surface area contributed by atoms with Crippen LogP contribution in [0.3, 0.4) is 0 Å². The van der Waals surface area contributed by atoms with Crippen LogP contribution in [-0.2, 0) is 6.54 Å². The molecule has 0 spiro atoms. The molecule has 1 aliphatic rings. The number of aromatic nitrogens is 1. The van der Waals surface area contributed by atoms with Gasteiger partial charge in [0, 0.05) is 12.6 Å². The van der Waals surface area contributed by atoms with Crippen LogP contribution in [0.15, 0.2) is 18.3 Å². The highest BCUT2D eigenvalue weighted by atomic mass is 16.3. The monoisotopic (exact) mass is 220 g/mol. The summed E-state index contributed by atoms with van der Waals surface area (Å²) >= 11 is 0. The van der Waals surface area contributed by atoms with Gasteiger partial charge in [0.1, 0.15) is 5.75 Å². The summed E-state index contributed by atoms with van der Waals surface area (Å²) in [6, 6.07) is 4.12. The van der Waals surface area contributed by atoms with Crippen LogP contribution in [0.1, 0.15) is 38.3 Å². The maximum atomic E-state index is 9.12. The fraction of sp³-hybridized carbons (Fsp3) is 0.615. The lowest BCUT2D eigenvalue weighted by Crippen LogP contribution is -2.31. The van der Waals surface area contributed by atoms with Gasteiger partial charge in [-0.05, 0) is 37.8 Å². The van der Waals surface area contributed by atoms with E-state index in [0.29, 0.717) is 6.04 Å². The fourth-order valence-electron chi connectivity index (χ4n) is 2.41. The first-order chi connectivity index (χ1) is 7.75. The van der Waals surface area contributed by atoms with Crippen molar-refractivity contribution >= 4 is 0 Å². The van der Waals surface area contributed by atoms with Crippen molar-refractivity contribution in [2.24, 2.45) is 5.92 Å². The van der Waals surface area contributed by atoms with E-state index in [2.05, 4.69) is 17.2 Å². The molecule has 3 heteroatoms. The van der Waals surface area contributed by atoms with Crippen LogP contribution in [0.5, 0.6) is 5.75 Å². The minimum absolute atomic E-state index is 0.229. The highest BCUT2D eigenvalue weighted by Gasteiger charge is 2.20. The third kappa shape index (κ3) is 2.95. The second-order valence-corrected chi connectivity index (χ2v) is 4.72. The van der Waals surface area contributed by atoms with Crippen molar-refractivity contribution < 1.29 is 5.11 Å². The summed E-state index contributed by atoms with van der Waals surface area (Å²) in [6.07, 6.45) is 6.98. The van der Waals surface area contributed by atoms with Crippen LogP contribution in [0.25, 0.3) is 0 Å². The molecule has 1 fully saturated rings. The molecule has 0 amide bonds. The van der Waals surface area contributed by atoms with Crippen LogP contribution in [0, 0.1) is 5.92 Å². The molecule has 2 rings (SSSR count). The van der Waals surface area contributed by atoms with Crippen molar-refractivity contribution in [3.63, 3.8) is 0 Å². The van der Waals surface area contributed by atoms with Crippen molar-refractivity contribution in [1.29, 1.82) is 0 Å². The number of rotatable bonds is 4. The van der Waals surface area contributed by atoms with Gasteiger partial charge in [-0.15, -0.1) is 0 Å². The maximum Gasteiger partial charge on any atom is 0.133 e. The third-order valence-electron chi connectivity index (χ3n) is 3.52. The molecule has 1 unspecified atom stereocenters. The lowest BCUT2D eigenvalue weighted by atomic mass is 10.00. The molecule has 0 aliphatic heterocycles. The van der Waals surface area contributed by atoms with Gasteiger partial charge in [0.15, 0.2) is 0 Å². The molecule has 0 saturated heterocycles. The first-order valence-corrected chi connectivity index (χ1v) is 6.13. The predicted molar refractivity (Wildman–Crippen MR) is 64.2 cm³/mol. The number of aromatic hydroxyl groups is 1. The van der Waals surface area contributed by atoms with Crippen molar-refractivity contribution in [3.8, 4) is 5.75 Å². The molecule has 1 atom stereocenters. The van der Waals surface area contributed by atoms with Gasteiger partial charge in [0.05, 0.1) is 11.9 Å². The van der Waals surface area contributed by atoms with E-state index in [0.717, 1.165) is 18.2 Å². The van der Waals surface area contributed by atoms with E-state index in [4.69, 9.17) is 5.11 Å². The summed E-state index contributed by atoms with van der Waals surface area (Å²) in [5.41, 5.74) is 0.989. The minimum atomic E-state index is 0.229. The van der Waals surface area contributed by atoms with Crippen molar-refractivity contribution in [3.05, 3.63) is 24.0 Å². The highest BCUT2D eigenvalue weighted by molar-refractivity contribution is 5.17. The standard InChI is InChI=1S/C13H20N2O/c1-10(11-4-2-3-5-11)14-8-12-6-7-13(16)9-15-12/h6-7,9-11,14,16H,2-5,8H2,1H3. The van der Waals surface area contributed by atoms with E-state index < -0.39 is 0 Å². The molecule has 88 valence electrons. The van der Waals surface area contributed by atoms with Gasteiger partial charge in [-0.1, -0.05) is 12.8 Å². The zero-order valence-corrected chi connectivity index (χ0v) is 9.82. The van der Waals surface area contributed by atoms with Gasteiger partial charge in [0.25, 0.3) is 0 Å². The van der Waals surface area contributed by atoms with Crippen LogP contribution in [0.2, 0.25) is 0 Å². The van der Waals surface area contributed by atoms with Gasteiger partial charge in [-0.25, -0.2) is 0 Å². The second-order valence-electron chi connectivity index (χ2n) is 4.72.